The van der Waals surface area contributed by atoms with Crippen molar-refractivity contribution in [2.45, 2.75) is 20.5 Å². The van der Waals surface area contributed by atoms with Gasteiger partial charge in [0.1, 0.15) is 29.6 Å². The second kappa shape index (κ2) is 7.59. The molecule has 0 spiro atoms. The summed E-state index contributed by atoms with van der Waals surface area (Å²) in [5, 5.41) is 9.10. The number of halogens is 2. The number of hydrogen-bond acceptors (Lipinski definition) is 4. The summed E-state index contributed by atoms with van der Waals surface area (Å²) < 4.78 is 32.5. The second-order valence-corrected chi connectivity index (χ2v) is 6.19. The van der Waals surface area contributed by atoms with Crippen LogP contribution in [-0.4, -0.2) is 21.0 Å². The van der Waals surface area contributed by atoms with Crippen molar-refractivity contribution in [2.75, 3.05) is 0 Å². The van der Waals surface area contributed by atoms with E-state index in [1.165, 1.54) is 24.3 Å². The highest BCUT2D eigenvalue weighted by Crippen LogP contribution is 2.29. The number of aromatic amines is 1. The average molecular weight is 386 g/mol. The molecule has 6 nitrogen and oxygen atoms in total. The predicted molar refractivity (Wildman–Crippen MR) is 97.4 cm³/mol. The molecule has 0 unspecified atom stereocenters. The van der Waals surface area contributed by atoms with Crippen LogP contribution < -0.4 is 10.3 Å². The molecule has 0 atom stereocenters. The minimum atomic E-state index is -1.09. The van der Waals surface area contributed by atoms with Gasteiger partial charge in [0, 0.05) is 11.6 Å². The summed E-state index contributed by atoms with van der Waals surface area (Å²) in [4.78, 5) is 30.4. The molecule has 0 aliphatic heterocycles. The minimum Gasteiger partial charge on any atom is -0.478 e. The number of nitrogens with one attached hydrogen (secondary N) is 1. The molecular weight excluding hydrogens is 370 g/mol. The van der Waals surface area contributed by atoms with Gasteiger partial charge in [-0.1, -0.05) is 6.07 Å². The Morgan fingerprint density at radius 3 is 2.57 bits per heavy atom. The highest BCUT2D eigenvalue weighted by atomic mass is 19.1. The number of carboxylic acid groups (broad SMARTS) is 1. The van der Waals surface area contributed by atoms with Crippen LogP contribution >= 0.6 is 0 Å². The lowest BCUT2D eigenvalue weighted by Crippen LogP contribution is -2.16. The number of nitrogens with zero attached hydrogens (tertiary/aromatic N) is 1. The van der Waals surface area contributed by atoms with Gasteiger partial charge in [0.25, 0.3) is 5.56 Å². The van der Waals surface area contributed by atoms with Crippen molar-refractivity contribution in [2.24, 2.45) is 0 Å². The third-order valence-corrected chi connectivity index (χ3v) is 4.13. The van der Waals surface area contributed by atoms with Crippen LogP contribution in [0.3, 0.4) is 0 Å². The van der Waals surface area contributed by atoms with Gasteiger partial charge in [-0.15, -0.1) is 0 Å². The van der Waals surface area contributed by atoms with Crippen LogP contribution in [0.1, 0.15) is 27.3 Å². The molecule has 0 saturated heterocycles. The van der Waals surface area contributed by atoms with Crippen LogP contribution in [0.5, 0.6) is 5.88 Å². The average Bonchev–Trinajstić information content (AvgIpc) is 2.61. The van der Waals surface area contributed by atoms with Gasteiger partial charge in [-0.2, -0.15) is 4.98 Å². The lowest BCUT2D eigenvalue weighted by atomic mass is 10.00. The van der Waals surface area contributed by atoms with Crippen molar-refractivity contribution < 1.29 is 23.4 Å². The zero-order chi connectivity index (χ0) is 20.4. The van der Waals surface area contributed by atoms with E-state index in [1.54, 1.807) is 13.8 Å². The highest BCUT2D eigenvalue weighted by Gasteiger charge is 2.18. The number of rotatable bonds is 5. The molecule has 3 rings (SSSR count). The highest BCUT2D eigenvalue weighted by molar-refractivity contribution is 5.89. The number of aromatic carboxylic acids is 1. The van der Waals surface area contributed by atoms with E-state index < -0.39 is 23.2 Å². The van der Waals surface area contributed by atoms with E-state index in [9.17, 15) is 18.4 Å². The van der Waals surface area contributed by atoms with Crippen LogP contribution in [0.25, 0.3) is 11.1 Å². The van der Waals surface area contributed by atoms with E-state index in [4.69, 9.17) is 9.84 Å². The third-order valence-electron chi connectivity index (χ3n) is 4.13. The molecule has 28 heavy (non-hydrogen) atoms. The van der Waals surface area contributed by atoms with Crippen LogP contribution in [0.2, 0.25) is 0 Å². The van der Waals surface area contributed by atoms with E-state index in [0.29, 0.717) is 17.0 Å². The van der Waals surface area contributed by atoms with Gasteiger partial charge in [-0.25, -0.2) is 13.6 Å². The number of benzene rings is 2. The summed E-state index contributed by atoms with van der Waals surface area (Å²) in [7, 11) is 0. The summed E-state index contributed by atoms with van der Waals surface area (Å²) in [6.07, 6.45) is 0. The molecule has 0 fully saturated rings. The predicted octanol–water partition coefficient (Wildman–Crippen LogP) is 3.61. The number of carboxylic acids is 1. The Kier molecular flexibility index (Phi) is 5.21. The molecule has 2 aromatic carbocycles. The van der Waals surface area contributed by atoms with Crippen LogP contribution in [0.15, 0.2) is 41.2 Å². The fourth-order valence-corrected chi connectivity index (χ4v) is 2.76. The third kappa shape index (κ3) is 3.90. The van der Waals surface area contributed by atoms with Gasteiger partial charge in [0.2, 0.25) is 5.88 Å². The maximum Gasteiger partial charge on any atom is 0.335 e. The molecule has 0 aliphatic carbocycles. The smallest absolute Gasteiger partial charge is 0.335 e. The first kappa shape index (κ1) is 19.2. The van der Waals surface area contributed by atoms with Gasteiger partial charge in [0.15, 0.2) is 0 Å². The normalized spacial score (nSPS) is 10.7. The van der Waals surface area contributed by atoms with Crippen LogP contribution in [0, 0.1) is 25.5 Å². The lowest BCUT2D eigenvalue weighted by Gasteiger charge is -2.13. The summed E-state index contributed by atoms with van der Waals surface area (Å²) in [5.74, 6) is -2.31. The Morgan fingerprint density at radius 1 is 1.18 bits per heavy atom. The fourth-order valence-electron chi connectivity index (χ4n) is 2.76. The van der Waals surface area contributed by atoms with Crippen molar-refractivity contribution in [1.82, 2.24) is 9.97 Å². The van der Waals surface area contributed by atoms with E-state index in [1.807, 2.05) is 0 Å². The molecular formula is C20H16F2N2O4. The van der Waals surface area contributed by atoms with Gasteiger partial charge < -0.3 is 14.8 Å². The Morgan fingerprint density at radius 2 is 1.93 bits per heavy atom. The standard InChI is InChI=1S/C20H16F2N2O4/c1-10-7-12(20(26)27)4-6-15(10)17-18(25)23-11(2)24-19(17)28-9-13-3-5-14(21)8-16(13)22/h3-8H,9H2,1-2H3,(H,26,27)(H,23,24,25). The van der Waals surface area contributed by atoms with Gasteiger partial charge >= 0.3 is 5.97 Å². The summed E-state index contributed by atoms with van der Waals surface area (Å²) in [5.41, 5.74) is 0.775. The molecule has 0 bridgehead atoms. The molecule has 1 aromatic heterocycles. The van der Waals surface area contributed by atoms with E-state index >= 15 is 0 Å². The Hall–Kier alpha value is -3.55. The van der Waals surface area contributed by atoms with Gasteiger partial charge in [-0.3, -0.25) is 4.79 Å². The molecule has 0 radical (unpaired) electrons. The molecule has 0 saturated carbocycles. The molecule has 8 heteroatoms. The second-order valence-electron chi connectivity index (χ2n) is 6.19. The molecule has 3 aromatic rings. The first-order valence-electron chi connectivity index (χ1n) is 8.28. The number of carbonyl (C=O) groups is 1. The number of H-pyrrole nitrogens is 1. The van der Waals surface area contributed by atoms with E-state index in [0.717, 1.165) is 12.1 Å². The quantitative estimate of drug-likeness (QED) is 0.699. The van der Waals surface area contributed by atoms with Crippen molar-refractivity contribution in [3.8, 4) is 17.0 Å². The largest absolute Gasteiger partial charge is 0.478 e. The van der Waals surface area contributed by atoms with E-state index in [-0.39, 0.29) is 29.2 Å². The summed E-state index contributed by atoms with van der Waals surface area (Å²) >= 11 is 0. The zero-order valence-corrected chi connectivity index (χ0v) is 15.0. The van der Waals surface area contributed by atoms with Crippen LogP contribution in [-0.2, 0) is 6.61 Å². The molecule has 144 valence electrons. The minimum absolute atomic E-state index is 0.0313. The van der Waals surface area contributed by atoms with E-state index in [2.05, 4.69) is 9.97 Å². The molecule has 0 aliphatic rings. The van der Waals surface area contributed by atoms with Crippen molar-refractivity contribution in [3.63, 3.8) is 0 Å². The first-order chi connectivity index (χ1) is 13.3. The molecule has 2 N–H and O–H groups in total. The van der Waals surface area contributed by atoms with Gasteiger partial charge in [0.05, 0.1) is 5.56 Å². The van der Waals surface area contributed by atoms with Crippen molar-refractivity contribution >= 4 is 5.97 Å². The summed E-state index contributed by atoms with van der Waals surface area (Å²) in [6, 6.07) is 7.38. The molecule has 0 amide bonds. The Bertz CT molecular complexity index is 1130. The monoisotopic (exact) mass is 386 g/mol. The SMILES string of the molecule is Cc1nc(OCc2ccc(F)cc2F)c(-c2ccc(C(=O)O)cc2C)c(=O)[nH]1. The number of ether oxygens (including phenoxy) is 1. The van der Waals surface area contributed by atoms with Crippen molar-refractivity contribution in [3.05, 3.63) is 80.9 Å². The van der Waals surface area contributed by atoms with Crippen molar-refractivity contribution in [1.29, 1.82) is 0 Å². The topological polar surface area (TPSA) is 92.3 Å². The number of aromatic nitrogens is 2. The fraction of sp³-hybridized carbons (Fsp3) is 0.150. The zero-order valence-electron chi connectivity index (χ0n) is 15.0. The Balaban J connectivity index is 2.03. The lowest BCUT2D eigenvalue weighted by molar-refractivity contribution is 0.0697. The Labute approximate surface area is 158 Å². The molecule has 1 heterocycles. The summed E-state index contributed by atoms with van der Waals surface area (Å²) in [6.45, 7) is 2.96. The number of aryl methyl sites for hydroxylation is 2. The first-order valence-corrected chi connectivity index (χ1v) is 8.28. The maximum atomic E-state index is 13.9. The van der Waals surface area contributed by atoms with Gasteiger partial charge in [-0.05, 0) is 49.2 Å². The maximum absolute atomic E-state index is 13.9. The number of hydrogen-bond donors (Lipinski definition) is 2. The van der Waals surface area contributed by atoms with Crippen LogP contribution in [0.4, 0.5) is 8.78 Å².